The number of aromatic hydroxyl groups is 1. The lowest BCUT2D eigenvalue weighted by atomic mass is 9.86. The Hall–Kier alpha value is -5.68. The van der Waals surface area contributed by atoms with Gasteiger partial charge in [-0.1, -0.05) is 0 Å². The topological polar surface area (TPSA) is 118 Å². The van der Waals surface area contributed by atoms with Gasteiger partial charge in [0, 0.05) is 46.9 Å². The number of ketones is 1. The van der Waals surface area contributed by atoms with E-state index in [1.807, 2.05) is 19.2 Å². The van der Waals surface area contributed by atoms with Gasteiger partial charge in [0.25, 0.3) is 0 Å². The van der Waals surface area contributed by atoms with Crippen molar-refractivity contribution in [3.8, 4) is 57.5 Å². The van der Waals surface area contributed by atoms with Crippen molar-refractivity contribution in [2.75, 3.05) is 49.1 Å². The van der Waals surface area contributed by atoms with Crippen LogP contribution in [0.15, 0.2) is 60.8 Å². The van der Waals surface area contributed by atoms with Crippen LogP contribution in [0.5, 0.6) is 57.5 Å². The van der Waals surface area contributed by atoms with Crippen molar-refractivity contribution in [2.45, 2.75) is 18.9 Å². The van der Waals surface area contributed by atoms with Gasteiger partial charge in [0.1, 0.15) is 17.2 Å². The Kier molecular flexibility index (Phi) is 8.29. The normalized spacial score (nSPS) is 15.5. The van der Waals surface area contributed by atoms with Gasteiger partial charge in [0.2, 0.25) is 17.3 Å². The van der Waals surface area contributed by atoms with Crippen molar-refractivity contribution in [1.29, 1.82) is 0 Å². The number of methoxy groups -OCH3 is 5. The number of phenolic OH excluding ortho intramolecular Hbond substituents is 1. The van der Waals surface area contributed by atoms with E-state index in [2.05, 4.69) is 9.88 Å². The Morgan fingerprint density at radius 2 is 1.51 bits per heavy atom. The summed E-state index contributed by atoms with van der Waals surface area (Å²) in [6.45, 7) is 0.687. The minimum Gasteiger partial charge on any atom is -0.508 e. The number of fused-ring (bicyclic) bond motifs is 2. The number of pyridine rings is 1. The van der Waals surface area contributed by atoms with Crippen LogP contribution in [0.4, 0.5) is 0 Å². The summed E-state index contributed by atoms with van der Waals surface area (Å²) in [5.74, 6) is 3.43. The zero-order valence-electron chi connectivity index (χ0n) is 28.1. The molecule has 3 aliphatic heterocycles. The van der Waals surface area contributed by atoms with E-state index >= 15 is 0 Å². The van der Waals surface area contributed by atoms with E-state index in [0.29, 0.717) is 87.6 Å². The monoisotopic (exact) mass is 664 g/mol. The summed E-state index contributed by atoms with van der Waals surface area (Å²) in [7, 11) is 9.78. The first-order valence-corrected chi connectivity index (χ1v) is 15.7. The number of likely N-dealkylation sites (N-methyl/N-ethyl adjacent to an activating group) is 1. The Bertz CT molecular complexity index is 2100. The SMILES string of the molecule is COc1cc(O)c2cc1Oc1ccc(cc1)C(=O)c1nccc3cc(OC)c(cc13)Oc1c(OC)c(OC)c(OC)c3c1[C@H](C2)N(C)CC3. The Labute approximate surface area is 283 Å². The maximum atomic E-state index is 13.9. The molecular formula is C38H36N2O9. The lowest BCUT2D eigenvalue weighted by Gasteiger charge is -2.37. The van der Waals surface area contributed by atoms with Crippen molar-refractivity contribution < 1.29 is 43.1 Å². The number of benzene rings is 4. The van der Waals surface area contributed by atoms with Gasteiger partial charge in [-0.05, 0) is 79.4 Å². The van der Waals surface area contributed by atoms with Crippen LogP contribution in [0.2, 0.25) is 0 Å². The van der Waals surface area contributed by atoms with Crippen LogP contribution in [-0.2, 0) is 12.8 Å². The number of hydrogen-bond acceptors (Lipinski definition) is 11. The highest BCUT2D eigenvalue weighted by molar-refractivity contribution is 6.15. The molecule has 0 saturated carbocycles. The summed E-state index contributed by atoms with van der Waals surface area (Å²) in [4.78, 5) is 20.6. The molecule has 0 aliphatic carbocycles. The van der Waals surface area contributed by atoms with Crippen LogP contribution in [0.3, 0.4) is 0 Å². The summed E-state index contributed by atoms with van der Waals surface area (Å²) < 4.78 is 42.4. The third kappa shape index (κ3) is 5.36. The third-order valence-corrected chi connectivity index (χ3v) is 9.25. The van der Waals surface area contributed by atoms with Crippen LogP contribution in [0.25, 0.3) is 10.8 Å². The molecule has 4 heterocycles. The maximum Gasteiger partial charge on any atom is 0.211 e. The molecular weight excluding hydrogens is 628 g/mol. The van der Waals surface area contributed by atoms with Crippen LogP contribution < -0.4 is 33.2 Å². The zero-order valence-corrected chi connectivity index (χ0v) is 28.1. The maximum absolute atomic E-state index is 13.9. The van der Waals surface area contributed by atoms with E-state index in [1.165, 1.54) is 7.11 Å². The number of carbonyl (C=O) groups excluding carboxylic acids is 1. The van der Waals surface area contributed by atoms with Gasteiger partial charge in [-0.3, -0.25) is 14.7 Å². The molecule has 8 rings (SSSR count). The molecule has 3 aliphatic rings. The van der Waals surface area contributed by atoms with Crippen LogP contribution in [-0.4, -0.2) is 69.9 Å². The number of hydrogen-bond donors (Lipinski definition) is 1. The number of carbonyl (C=O) groups is 1. The second-order valence-electron chi connectivity index (χ2n) is 11.8. The Morgan fingerprint density at radius 3 is 2.20 bits per heavy atom. The number of nitrogens with zero attached hydrogens (tertiary/aromatic N) is 2. The molecule has 1 atom stereocenters. The smallest absolute Gasteiger partial charge is 0.211 e. The van der Waals surface area contributed by atoms with E-state index in [0.717, 1.165) is 16.5 Å². The molecule has 0 amide bonds. The minimum atomic E-state index is -0.331. The predicted molar refractivity (Wildman–Crippen MR) is 182 cm³/mol. The summed E-state index contributed by atoms with van der Waals surface area (Å²) in [5, 5.41) is 12.6. The number of phenols is 1. The highest BCUT2D eigenvalue weighted by Gasteiger charge is 2.37. The van der Waals surface area contributed by atoms with E-state index in [9.17, 15) is 9.90 Å². The first-order chi connectivity index (χ1) is 23.8. The van der Waals surface area contributed by atoms with Crippen LogP contribution in [0, 0.1) is 0 Å². The third-order valence-electron chi connectivity index (χ3n) is 9.25. The number of rotatable bonds is 5. The summed E-state index contributed by atoms with van der Waals surface area (Å²) >= 11 is 0. The fourth-order valence-corrected chi connectivity index (χ4v) is 6.79. The molecule has 1 aromatic heterocycles. The van der Waals surface area contributed by atoms with Gasteiger partial charge in [-0.2, -0.15) is 0 Å². The first-order valence-electron chi connectivity index (χ1n) is 15.7. The molecule has 0 fully saturated rings. The Balaban J connectivity index is 1.56. The van der Waals surface area contributed by atoms with E-state index < -0.39 is 0 Å². The van der Waals surface area contributed by atoms with Crippen LogP contribution >= 0.6 is 0 Å². The van der Waals surface area contributed by atoms with E-state index in [1.54, 1.807) is 77.1 Å². The second kappa shape index (κ2) is 12.7. The van der Waals surface area contributed by atoms with Crippen molar-refractivity contribution in [2.24, 2.45) is 0 Å². The molecule has 11 heteroatoms. The molecule has 4 aromatic carbocycles. The summed E-state index contributed by atoms with van der Waals surface area (Å²) in [5.41, 5.74) is 2.97. The number of aromatic nitrogens is 1. The van der Waals surface area contributed by atoms with E-state index in [-0.39, 0.29) is 23.3 Å². The minimum absolute atomic E-state index is 0.0474. The Morgan fingerprint density at radius 1 is 0.816 bits per heavy atom. The van der Waals surface area contributed by atoms with Gasteiger partial charge < -0.3 is 38.3 Å². The molecule has 6 bridgehead atoms. The second-order valence-corrected chi connectivity index (χ2v) is 11.8. The standard InChI is InChI=1S/C38H36N2O9/c1-40-14-12-24-32-26(40)15-22-17-30(29(44-3)19-27(22)41)48-23-9-7-20(8-10-23)34(42)33-25-18-31(28(43-2)16-21(25)11-13-39-33)49-36(32)38(47-6)37(46-5)35(24)45-4/h7-11,13,16-19,26,41H,12,14-15H2,1-6H3/t26-/m0/s1. The number of ether oxygens (including phenoxy) is 7. The summed E-state index contributed by atoms with van der Waals surface area (Å²) in [6.07, 6.45) is 2.58. The lowest BCUT2D eigenvalue weighted by Crippen LogP contribution is -2.34. The quantitative estimate of drug-likeness (QED) is 0.212. The largest absolute Gasteiger partial charge is 0.508 e. The van der Waals surface area contributed by atoms with E-state index in [4.69, 9.17) is 33.2 Å². The molecule has 0 spiro atoms. The molecule has 1 N–H and O–H groups in total. The molecule has 252 valence electrons. The fraction of sp³-hybridized carbons (Fsp3) is 0.263. The molecule has 5 aromatic rings. The average Bonchev–Trinajstić information content (AvgIpc) is 3.12. The average molecular weight is 665 g/mol. The van der Waals surface area contributed by atoms with Gasteiger partial charge in [0.15, 0.2) is 34.5 Å². The highest BCUT2D eigenvalue weighted by atomic mass is 16.6. The van der Waals surface area contributed by atoms with Crippen molar-refractivity contribution in [3.63, 3.8) is 0 Å². The summed E-state index contributed by atoms with van der Waals surface area (Å²) in [6, 6.07) is 15.2. The molecule has 0 radical (unpaired) electrons. The van der Waals surface area contributed by atoms with Gasteiger partial charge >= 0.3 is 0 Å². The lowest BCUT2D eigenvalue weighted by molar-refractivity contribution is 0.103. The van der Waals surface area contributed by atoms with Gasteiger partial charge in [-0.15, -0.1) is 0 Å². The molecule has 0 unspecified atom stereocenters. The molecule has 49 heavy (non-hydrogen) atoms. The predicted octanol–water partition coefficient (Wildman–Crippen LogP) is 6.88. The fourth-order valence-electron chi connectivity index (χ4n) is 6.79. The van der Waals surface area contributed by atoms with Gasteiger partial charge in [0.05, 0.1) is 35.5 Å². The van der Waals surface area contributed by atoms with Crippen LogP contribution in [0.1, 0.15) is 38.8 Å². The zero-order chi connectivity index (χ0) is 34.4. The van der Waals surface area contributed by atoms with Gasteiger partial charge in [-0.25, -0.2) is 0 Å². The highest BCUT2D eigenvalue weighted by Crippen LogP contribution is 2.56. The first kappa shape index (κ1) is 31.9. The molecule has 11 nitrogen and oxygen atoms in total. The molecule has 0 saturated heterocycles. The van der Waals surface area contributed by atoms with Crippen molar-refractivity contribution >= 4 is 16.6 Å². The van der Waals surface area contributed by atoms with Crippen molar-refractivity contribution in [3.05, 3.63) is 88.7 Å². The van der Waals surface area contributed by atoms with Crippen molar-refractivity contribution in [1.82, 2.24) is 9.88 Å².